The zero-order chi connectivity index (χ0) is 14.0. The quantitative estimate of drug-likeness (QED) is 0.919. The number of piperidine rings is 1. The Morgan fingerprint density at radius 2 is 2.21 bits per heavy atom. The van der Waals surface area contributed by atoms with Crippen molar-refractivity contribution in [2.75, 3.05) is 13.1 Å². The van der Waals surface area contributed by atoms with E-state index in [2.05, 4.69) is 18.7 Å². The van der Waals surface area contributed by atoms with Gasteiger partial charge in [-0.25, -0.2) is 4.39 Å². The number of hydrogen-bond acceptors (Lipinski definition) is 2. The van der Waals surface area contributed by atoms with E-state index in [0.29, 0.717) is 18.5 Å². The third kappa shape index (κ3) is 3.10. The Kier molecular flexibility index (Phi) is 4.82. The van der Waals surface area contributed by atoms with Crippen molar-refractivity contribution in [3.63, 3.8) is 0 Å². The number of hydrogen-bond donors (Lipinski definition) is 1. The second kappa shape index (κ2) is 6.21. The number of nitrogens with zero attached hydrogens (tertiary/aromatic N) is 1. The number of likely N-dealkylation sites (tertiary alicyclic amines) is 1. The van der Waals surface area contributed by atoms with Gasteiger partial charge in [0.1, 0.15) is 5.82 Å². The Labute approximate surface area is 119 Å². The molecule has 19 heavy (non-hydrogen) atoms. The second-order valence-corrected chi connectivity index (χ2v) is 6.00. The smallest absolute Gasteiger partial charge is 0.142 e. The summed E-state index contributed by atoms with van der Waals surface area (Å²) >= 11 is 5.78. The first-order valence-electron chi connectivity index (χ1n) is 6.95. The highest BCUT2D eigenvalue weighted by molar-refractivity contribution is 6.30. The molecule has 0 bridgehead atoms. The maximum atomic E-state index is 13.7. The molecule has 1 aromatic carbocycles. The van der Waals surface area contributed by atoms with Crippen LogP contribution in [0.5, 0.6) is 0 Å². The third-order valence-electron chi connectivity index (χ3n) is 4.05. The van der Waals surface area contributed by atoms with Crippen molar-refractivity contribution in [3.05, 3.63) is 34.6 Å². The van der Waals surface area contributed by atoms with Crippen LogP contribution in [0.15, 0.2) is 18.2 Å². The van der Waals surface area contributed by atoms with Crippen LogP contribution in [-0.4, -0.2) is 24.0 Å². The molecule has 2 atom stereocenters. The standard InChI is InChI=1S/C15H22ClFN2/c1-10(2)19-7-3-4-12(9-18)15(19)11-5-6-13(16)14(17)8-11/h5-6,8,10,12,15H,3-4,7,9,18H2,1-2H3. The summed E-state index contributed by atoms with van der Waals surface area (Å²) in [4.78, 5) is 2.42. The molecular weight excluding hydrogens is 263 g/mol. The van der Waals surface area contributed by atoms with Gasteiger partial charge in [-0.1, -0.05) is 17.7 Å². The van der Waals surface area contributed by atoms with Crippen LogP contribution in [0.1, 0.15) is 38.3 Å². The predicted molar refractivity (Wildman–Crippen MR) is 77.8 cm³/mol. The van der Waals surface area contributed by atoms with Crippen LogP contribution >= 0.6 is 11.6 Å². The summed E-state index contributed by atoms with van der Waals surface area (Å²) in [7, 11) is 0. The van der Waals surface area contributed by atoms with Gasteiger partial charge in [-0.3, -0.25) is 4.90 Å². The topological polar surface area (TPSA) is 29.3 Å². The van der Waals surface area contributed by atoms with Crippen molar-refractivity contribution in [3.8, 4) is 0 Å². The van der Waals surface area contributed by atoms with Gasteiger partial charge in [0.2, 0.25) is 0 Å². The largest absolute Gasteiger partial charge is 0.330 e. The molecule has 1 heterocycles. The van der Waals surface area contributed by atoms with Crippen molar-refractivity contribution < 1.29 is 4.39 Å². The van der Waals surface area contributed by atoms with Gasteiger partial charge in [0, 0.05) is 12.1 Å². The number of nitrogens with two attached hydrogens (primary N) is 1. The van der Waals surface area contributed by atoms with Crippen molar-refractivity contribution >= 4 is 11.6 Å². The zero-order valence-electron chi connectivity index (χ0n) is 11.6. The average Bonchev–Trinajstić information content (AvgIpc) is 2.41. The normalized spacial score (nSPS) is 24.9. The summed E-state index contributed by atoms with van der Waals surface area (Å²) in [6.07, 6.45) is 2.27. The second-order valence-electron chi connectivity index (χ2n) is 5.59. The fourth-order valence-corrected chi connectivity index (χ4v) is 3.21. The number of benzene rings is 1. The van der Waals surface area contributed by atoms with E-state index in [4.69, 9.17) is 17.3 Å². The number of halogens is 2. The van der Waals surface area contributed by atoms with Crippen molar-refractivity contribution in [2.24, 2.45) is 11.7 Å². The van der Waals surface area contributed by atoms with Crippen LogP contribution in [0.3, 0.4) is 0 Å². The van der Waals surface area contributed by atoms with E-state index in [0.717, 1.165) is 24.9 Å². The average molecular weight is 285 g/mol. The predicted octanol–water partition coefficient (Wildman–Crippen LogP) is 3.60. The molecule has 2 nitrogen and oxygen atoms in total. The van der Waals surface area contributed by atoms with Crippen LogP contribution in [0.4, 0.5) is 4.39 Å². The highest BCUT2D eigenvalue weighted by atomic mass is 35.5. The molecule has 0 saturated carbocycles. The molecule has 1 aromatic rings. The first kappa shape index (κ1) is 14.8. The molecule has 4 heteroatoms. The Bertz CT molecular complexity index is 436. The monoisotopic (exact) mass is 284 g/mol. The van der Waals surface area contributed by atoms with Gasteiger partial charge in [0.05, 0.1) is 5.02 Å². The van der Waals surface area contributed by atoms with Crippen molar-refractivity contribution in [2.45, 2.75) is 38.8 Å². The van der Waals surface area contributed by atoms with E-state index < -0.39 is 0 Å². The highest BCUT2D eigenvalue weighted by Gasteiger charge is 2.33. The van der Waals surface area contributed by atoms with Crippen molar-refractivity contribution in [1.29, 1.82) is 0 Å². The lowest BCUT2D eigenvalue weighted by atomic mass is 9.84. The SMILES string of the molecule is CC(C)N1CCCC(CN)C1c1ccc(Cl)c(F)c1. The molecule has 0 radical (unpaired) electrons. The fraction of sp³-hybridized carbons (Fsp3) is 0.600. The van der Waals surface area contributed by atoms with Crippen LogP contribution in [0.25, 0.3) is 0 Å². The lowest BCUT2D eigenvalue weighted by Crippen LogP contribution is -2.45. The summed E-state index contributed by atoms with van der Waals surface area (Å²) in [6, 6.07) is 5.77. The molecule has 1 fully saturated rings. The molecule has 1 aliphatic heterocycles. The highest BCUT2D eigenvalue weighted by Crippen LogP contribution is 2.37. The van der Waals surface area contributed by atoms with Gasteiger partial charge < -0.3 is 5.73 Å². The van der Waals surface area contributed by atoms with Crippen LogP contribution in [0, 0.1) is 11.7 Å². The van der Waals surface area contributed by atoms with E-state index in [-0.39, 0.29) is 16.9 Å². The molecule has 106 valence electrons. The van der Waals surface area contributed by atoms with Gasteiger partial charge in [0.25, 0.3) is 0 Å². The summed E-state index contributed by atoms with van der Waals surface area (Å²) in [5.74, 6) is 0.0425. The Balaban J connectivity index is 2.36. The Hall–Kier alpha value is -0.640. The summed E-state index contributed by atoms with van der Waals surface area (Å²) < 4.78 is 13.7. The Morgan fingerprint density at radius 1 is 1.47 bits per heavy atom. The molecule has 0 amide bonds. The van der Waals surface area contributed by atoms with Gasteiger partial charge in [-0.05, 0) is 63.4 Å². The van der Waals surface area contributed by atoms with E-state index in [1.54, 1.807) is 12.1 Å². The van der Waals surface area contributed by atoms with E-state index in [1.165, 1.54) is 0 Å². The fourth-order valence-electron chi connectivity index (χ4n) is 3.09. The minimum absolute atomic E-state index is 0.181. The van der Waals surface area contributed by atoms with E-state index in [1.807, 2.05) is 6.07 Å². The lowest BCUT2D eigenvalue weighted by molar-refractivity contribution is 0.0663. The molecule has 0 aliphatic carbocycles. The summed E-state index contributed by atoms with van der Waals surface area (Å²) in [5, 5.41) is 0.181. The molecule has 0 spiro atoms. The minimum atomic E-state index is -0.343. The maximum absolute atomic E-state index is 13.7. The van der Waals surface area contributed by atoms with E-state index in [9.17, 15) is 4.39 Å². The van der Waals surface area contributed by atoms with E-state index >= 15 is 0 Å². The molecule has 2 N–H and O–H groups in total. The third-order valence-corrected chi connectivity index (χ3v) is 4.35. The van der Waals surface area contributed by atoms with Gasteiger partial charge in [-0.2, -0.15) is 0 Å². The first-order valence-corrected chi connectivity index (χ1v) is 7.33. The molecule has 2 rings (SSSR count). The summed E-state index contributed by atoms with van der Waals surface area (Å²) in [6.45, 7) is 6.04. The van der Waals surface area contributed by atoms with Crippen molar-refractivity contribution in [1.82, 2.24) is 4.90 Å². The maximum Gasteiger partial charge on any atom is 0.142 e. The van der Waals surface area contributed by atoms with Crippen LogP contribution in [-0.2, 0) is 0 Å². The first-order chi connectivity index (χ1) is 9.04. The molecular formula is C15H22ClFN2. The van der Waals surface area contributed by atoms with Gasteiger partial charge >= 0.3 is 0 Å². The van der Waals surface area contributed by atoms with Gasteiger partial charge in [-0.15, -0.1) is 0 Å². The molecule has 1 saturated heterocycles. The molecule has 0 aromatic heterocycles. The zero-order valence-corrected chi connectivity index (χ0v) is 12.3. The lowest BCUT2D eigenvalue weighted by Gasteiger charge is -2.43. The molecule has 1 aliphatic rings. The minimum Gasteiger partial charge on any atom is -0.330 e. The Morgan fingerprint density at radius 3 is 2.79 bits per heavy atom. The van der Waals surface area contributed by atoms with Crippen LogP contribution in [0.2, 0.25) is 5.02 Å². The van der Waals surface area contributed by atoms with Crippen LogP contribution < -0.4 is 5.73 Å². The summed E-state index contributed by atoms with van der Waals surface area (Å²) in [5.41, 5.74) is 6.91. The van der Waals surface area contributed by atoms with Gasteiger partial charge in [0.15, 0.2) is 0 Å². The number of rotatable bonds is 3. The molecule has 2 unspecified atom stereocenters.